The number of hydrogen-bond donors (Lipinski definition) is 1. The number of methoxy groups -OCH3 is 1. The number of piperidine rings is 1. The molecular weight excluding hydrogens is 204 g/mol. The zero-order valence-corrected chi connectivity index (χ0v) is 9.76. The molecule has 1 aliphatic rings. The van der Waals surface area contributed by atoms with Gasteiger partial charge in [0, 0.05) is 26.2 Å². The molecule has 2 unspecified atom stereocenters. The van der Waals surface area contributed by atoms with E-state index in [0.717, 1.165) is 31.7 Å². The largest absolute Gasteiger partial charge is 0.468 e. The van der Waals surface area contributed by atoms with Crippen molar-refractivity contribution < 1.29 is 9.15 Å². The van der Waals surface area contributed by atoms with Crippen LogP contribution in [0.15, 0.2) is 22.8 Å². The molecule has 0 bridgehead atoms. The lowest BCUT2D eigenvalue weighted by atomic mass is 9.99. The second kappa shape index (κ2) is 5.48. The first-order chi connectivity index (χ1) is 7.83. The highest BCUT2D eigenvalue weighted by Crippen LogP contribution is 2.21. The zero-order valence-electron chi connectivity index (χ0n) is 9.76. The Kier molecular flexibility index (Phi) is 3.98. The van der Waals surface area contributed by atoms with Crippen LogP contribution in [0.2, 0.25) is 0 Å². The number of rotatable bonds is 4. The van der Waals surface area contributed by atoms with E-state index < -0.39 is 0 Å². The molecule has 1 aromatic heterocycles. The molecular formula is C12H20N2O2. The maximum Gasteiger partial charge on any atom is 0.117 e. The Bertz CT molecular complexity index is 300. The van der Waals surface area contributed by atoms with Gasteiger partial charge in [0.2, 0.25) is 0 Å². The van der Waals surface area contributed by atoms with E-state index in [1.165, 1.54) is 0 Å². The fourth-order valence-electron chi connectivity index (χ4n) is 2.33. The second-order valence-corrected chi connectivity index (χ2v) is 4.32. The van der Waals surface area contributed by atoms with Gasteiger partial charge in [0.15, 0.2) is 0 Å². The number of hydrogen-bond acceptors (Lipinski definition) is 4. The van der Waals surface area contributed by atoms with Gasteiger partial charge in [0.1, 0.15) is 5.76 Å². The highest BCUT2D eigenvalue weighted by Gasteiger charge is 2.27. The molecule has 0 amide bonds. The number of nitrogens with zero attached hydrogens (tertiary/aromatic N) is 1. The van der Waals surface area contributed by atoms with Crippen LogP contribution >= 0.6 is 0 Å². The summed E-state index contributed by atoms with van der Waals surface area (Å²) < 4.78 is 10.8. The predicted molar refractivity (Wildman–Crippen MR) is 62.0 cm³/mol. The predicted octanol–water partition coefficient (Wildman–Crippen LogP) is 1.22. The van der Waals surface area contributed by atoms with Gasteiger partial charge in [-0.1, -0.05) is 0 Å². The van der Waals surface area contributed by atoms with E-state index in [9.17, 15) is 0 Å². The van der Waals surface area contributed by atoms with Crippen molar-refractivity contribution in [2.75, 3.05) is 20.2 Å². The SMILES string of the molecule is COC1CCN(Cc2ccco2)C(CN)C1. The van der Waals surface area contributed by atoms with E-state index in [1.54, 1.807) is 13.4 Å². The van der Waals surface area contributed by atoms with Crippen LogP contribution in [0.25, 0.3) is 0 Å². The third-order valence-electron chi connectivity index (χ3n) is 3.33. The zero-order chi connectivity index (χ0) is 11.4. The molecule has 0 aliphatic carbocycles. The topological polar surface area (TPSA) is 51.6 Å². The van der Waals surface area contributed by atoms with Crippen molar-refractivity contribution in [1.29, 1.82) is 0 Å². The maximum absolute atomic E-state index is 5.81. The first-order valence-electron chi connectivity index (χ1n) is 5.82. The van der Waals surface area contributed by atoms with Crippen molar-refractivity contribution in [3.05, 3.63) is 24.2 Å². The third kappa shape index (κ3) is 2.64. The summed E-state index contributed by atoms with van der Waals surface area (Å²) in [7, 11) is 1.78. The Balaban J connectivity index is 1.93. The summed E-state index contributed by atoms with van der Waals surface area (Å²) in [4.78, 5) is 2.38. The van der Waals surface area contributed by atoms with E-state index >= 15 is 0 Å². The number of ether oxygens (including phenoxy) is 1. The fourth-order valence-corrected chi connectivity index (χ4v) is 2.33. The Hall–Kier alpha value is -0.840. The Morgan fingerprint density at radius 2 is 2.50 bits per heavy atom. The molecule has 1 aliphatic heterocycles. The number of furan rings is 1. The van der Waals surface area contributed by atoms with Crippen molar-refractivity contribution in [2.45, 2.75) is 31.5 Å². The van der Waals surface area contributed by atoms with Crippen molar-refractivity contribution >= 4 is 0 Å². The molecule has 2 atom stereocenters. The average Bonchev–Trinajstić information content (AvgIpc) is 2.82. The van der Waals surface area contributed by atoms with E-state index in [4.69, 9.17) is 14.9 Å². The van der Waals surface area contributed by atoms with E-state index in [1.807, 2.05) is 12.1 Å². The number of nitrogens with two attached hydrogens (primary N) is 1. The molecule has 16 heavy (non-hydrogen) atoms. The van der Waals surface area contributed by atoms with Crippen LogP contribution in [0.1, 0.15) is 18.6 Å². The summed E-state index contributed by atoms with van der Waals surface area (Å²) in [6.07, 6.45) is 4.18. The first-order valence-corrected chi connectivity index (χ1v) is 5.82. The molecule has 2 rings (SSSR count). The fraction of sp³-hybridized carbons (Fsp3) is 0.667. The van der Waals surface area contributed by atoms with Gasteiger partial charge in [-0.15, -0.1) is 0 Å². The summed E-state index contributed by atoms with van der Waals surface area (Å²) in [5.41, 5.74) is 5.81. The van der Waals surface area contributed by atoms with E-state index in [0.29, 0.717) is 18.7 Å². The monoisotopic (exact) mass is 224 g/mol. The van der Waals surface area contributed by atoms with Gasteiger partial charge in [-0.25, -0.2) is 0 Å². The molecule has 0 saturated carbocycles. The maximum atomic E-state index is 5.81. The van der Waals surface area contributed by atoms with Gasteiger partial charge in [0.25, 0.3) is 0 Å². The molecule has 0 spiro atoms. The van der Waals surface area contributed by atoms with Crippen molar-refractivity contribution in [3.8, 4) is 0 Å². The molecule has 2 heterocycles. The van der Waals surface area contributed by atoms with E-state index in [-0.39, 0.29) is 0 Å². The Morgan fingerprint density at radius 3 is 3.12 bits per heavy atom. The minimum atomic E-state index is 0.362. The molecule has 4 heteroatoms. The van der Waals surface area contributed by atoms with Gasteiger partial charge in [-0.2, -0.15) is 0 Å². The van der Waals surface area contributed by atoms with Crippen LogP contribution in [0.5, 0.6) is 0 Å². The van der Waals surface area contributed by atoms with Gasteiger partial charge in [-0.3, -0.25) is 4.90 Å². The lowest BCUT2D eigenvalue weighted by Gasteiger charge is -2.37. The minimum Gasteiger partial charge on any atom is -0.468 e. The first kappa shape index (κ1) is 11.6. The van der Waals surface area contributed by atoms with Gasteiger partial charge < -0.3 is 14.9 Å². The normalized spacial score (nSPS) is 27.1. The van der Waals surface area contributed by atoms with Crippen LogP contribution in [-0.4, -0.2) is 37.2 Å². The lowest BCUT2D eigenvalue weighted by Crippen LogP contribution is -2.47. The quantitative estimate of drug-likeness (QED) is 0.835. The number of likely N-dealkylation sites (tertiary alicyclic amines) is 1. The van der Waals surface area contributed by atoms with Gasteiger partial charge in [0.05, 0.1) is 18.9 Å². The molecule has 1 aromatic rings. The Morgan fingerprint density at radius 1 is 1.62 bits per heavy atom. The van der Waals surface area contributed by atoms with Gasteiger partial charge in [-0.05, 0) is 25.0 Å². The van der Waals surface area contributed by atoms with Crippen LogP contribution in [0.4, 0.5) is 0 Å². The molecule has 1 saturated heterocycles. The molecule has 2 N–H and O–H groups in total. The Labute approximate surface area is 96.4 Å². The van der Waals surface area contributed by atoms with Crippen LogP contribution < -0.4 is 5.73 Å². The molecule has 0 aromatic carbocycles. The van der Waals surface area contributed by atoms with Crippen LogP contribution in [-0.2, 0) is 11.3 Å². The minimum absolute atomic E-state index is 0.362. The van der Waals surface area contributed by atoms with Crippen LogP contribution in [0, 0.1) is 0 Å². The summed E-state index contributed by atoms with van der Waals surface area (Å²) >= 11 is 0. The van der Waals surface area contributed by atoms with Crippen molar-refractivity contribution in [2.24, 2.45) is 5.73 Å². The highest BCUT2D eigenvalue weighted by molar-refractivity contribution is 4.99. The summed E-state index contributed by atoms with van der Waals surface area (Å²) in [6, 6.07) is 4.34. The van der Waals surface area contributed by atoms with Gasteiger partial charge >= 0.3 is 0 Å². The average molecular weight is 224 g/mol. The molecule has 4 nitrogen and oxygen atoms in total. The summed E-state index contributed by atoms with van der Waals surface area (Å²) in [6.45, 7) is 2.56. The third-order valence-corrected chi connectivity index (χ3v) is 3.33. The smallest absolute Gasteiger partial charge is 0.117 e. The van der Waals surface area contributed by atoms with Crippen molar-refractivity contribution in [3.63, 3.8) is 0 Å². The van der Waals surface area contributed by atoms with Crippen molar-refractivity contribution in [1.82, 2.24) is 4.90 Å². The molecule has 90 valence electrons. The van der Waals surface area contributed by atoms with Crippen LogP contribution in [0.3, 0.4) is 0 Å². The molecule has 0 radical (unpaired) electrons. The highest BCUT2D eigenvalue weighted by atomic mass is 16.5. The lowest BCUT2D eigenvalue weighted by molar-refractivity contribution is 0.00798. The van der Waals surface area contributed by atoms with E-state index in [2.05, 4.69) is 4.90 Å². The standard InChI is InChI=1S/C12H20N2O2/c1-15-11-4-5-14(10(7-11)8-13)9-12-3-2-6-16-12/h2-3,6,10-11H,4-5,7-9,13H2,1H3. The summed E-state index contributed by atoms with van der Waals surface area (Å²) in [5, 5.41) is 0. The summed E-state index contributed by atoms with van der Waals surface area (Å²) in [5.74, 6) is 1.01. The second-order valence-electron chi connectivity index (χ2n) is 4.32. The molecule has 1 fully saturated rings.